The fourth-order valence-electron chi connectivity index (χ4n) is 4.07. The van der Waals surface area contributed by atoms with Crippen LogP contribution in [0.25, 0.3) is 0 Å². The lowest BCUT2D eigenvalue weighted by atomic mass is 10.1. The Kier molecular flexibility index (Phi) is 14.3. The Balaban J connectivity index is 1.64. The topological polar surface area (TPSA) is 22.1 Å². The van der Waals surface area contributed by atoms with Crippen LogP contribution in [0.3, 0.4) is 0 Å². The van der Waals surface area contributed by atoms with Gasteiger partial charge in [0.1, 0.15) is 11.9 Å². The molecule has 0 aliphatic carbocycles. The van der Waals surface area contributed by atoms with Crippen LogP contribution in [0.5, 0.6) is 5.75 Å². The average molecular weight is 436 g/mol. The minimum absolute atomic E-state index is 0.160. The summed E-state index contributed by atoms with van der Waals surface area (Å²) in [6, 6.07) is 14.6. The van der Waals surface area contributed by atoms with E-state index < -0.39 is 0 Å². The van der Waals surface area contributed by atoms with Gasteiger partial charge in [0.15, 0.2) is 0 Å². The highest BCUT2D eigenvalue weighted by molar-refractivity contribution is 5.34. The van der Waals surface area contributed by atoms with E-state index in [4.69, 9.17) is 4.74 Å². The second kappa shape index (κ2) is 17.5. The number of pyridine rings is 1. The van der Waals surface area contributed by atoms with Gasteiger partial charge in [-0.3, -0.25) is 4.98 Å². The number of hydrogen-bond acceptors (Lipinski definition) is 2. The first-order chi connectivity index (χ1) is 15.8. The third-order valence-corrected chi connectivity index (χ3v) is 6.11. The highest BCUT2D eigenvalue weighted by Gasteiger charge is 2.12. The lowest BCUT2D eigenvalue weighted by molar-refractivity contribution is 0.194. The van der Waals surface area contributed by atoms with Crippen LogP contribution in [-0.2, 0) is 12.8 Å². The summed E-state index contributed by atoms with van der Waals surface area (Å²) >= 11 is 0. The summed E-state index contributed by atoms with van der Waals surface area (Å²) in [5.41, 5.74) is 2.40. The van der Waals surface area contributed by atoms with Crippen molar-refractivity contribution in [3.8, 4) is 5.75 Å². The van der Waals surface area contributed by atoms with Crippen molar-refractivity contribution in [3.63, 3.8) is 0 Å². The average Bonchev–Trinajstić information content (AvgIpc) is 2.83. The standard InChI is InChI=1S/C30H45NO/c1-3-5-6-7-8-9-10-11-12-13-14-15-16-21-27-22-17-18-24-30(27)32-29(4-2)26-28-23-19-20-25-31-28/h14-15,17-20,22-25,29H,3-13,16,21,26H2,1-2H3. The highest BCUT2D eigenvalue weighted by Crippen LogP contribution is 2.23. The molecule has 0 radical (unpaired) electrons. The zero-order valence-electron chi connectivity index (χ0n) is 20.6. The van der Waals surface area contributed by atoms with Gasteiger partial charge in [-0.25, -0.2) is 0 Å². The van der Waals surface area contributed by atoms with Crippen LogP contribution in [0.2, 0.25) is 0 Å². The zero-order chi connectivity index (χ0) is 22.7. The van der Waals surface area contributed by atoms with Gasteiger partial charge in [-0.2, -0.15) is 0 Å². The zero-order valence-corrected chi connectivity index (χ0v) is 20.6. The number of unbranched alkanes of at least 4 members (excludes halogenated alkanes) is 9. The van der Waals surface area contributed by atoms with E-state index >= 15 is 0 Å². The Morgan fingerprint density at radius 1 is 0.781 bits per heavy atom. The van der Waals surface area contributed by atoms with Gasteiger partial charge in [-0.1, -0.05) is 102 Å². The maximum atomic E-state index is 6.40. The number of nitrogens with zero attached hydrogens (tertiary/aromatic N) is 1. The molecule has 176 valence electrons. The van der Waals surface area contributed by atoms with E-state index in [1.807, 2.05) is 18.3 Å². The molecule has 2 heteroatoms. The first-order valence-electron chi connectivity index (χ1n) is 13.1. The number of benzene rings is 1. The molecule has 0 aliphatic heterocycles. The predicted octanol–water partition coefficient (Wildman–Crippen LogP) is 8.89. The third kappa shape index (κ3) is 11.5. The van der Waals surface area contributed by atoms with Gasteiger partial charge in [-0.15, -0.1) is 0 Å². The van der Waals surface area contributed by atoms with Crippen LogP contribution >= 0.6 is 0 Å². The predicted molar refractivity (Wildman–Crippen MR) is 138 cm³/mol. The van der Waals surface area contributed by atoms with E-state index in [0.29, 0.717) is 0 Å². The molecule has 1 unspecified atom stereocenters. The minimum Gasteiger partial charge on any atom is -0.490 e. The molecule has 1 aromatic carbocycles. The van der Waals surface area contributed by atoms with E-state index in [2.05, 4.69) is 61.3 Å². The number of para-hydroxylation sites is 1. The summed E-state index contributed by atoms with van der Waals surface area (Å²) < 4.78 is 6.40. The summed E-state index contributed by atoms with van der Waals surface area (Å²) in [7, 11) is 0. The van der Waals surface area contributed by atoms with Gasteiger partial charge < -0.3 is 4.74 Å². The Labute approximate surface area is 197 Å². The number of rotatable bonds is 18. The molecule has 2 aromatic rings. The molecular weight excluding hydrogens is 390 g/mol. The molecule has 2 nitrogen and oxygen atoms in total. The van der Waals surface area contributed by atoms with Gasteiger partial charge in [0.05, 0.1) is 0 Å². The van der Waals surface area contributed by atoms with E-state index in [-0.39, 0.29) is 6.10 Å². The van der Waals surface area contributed by atoms with Crippen LogP contribution in [0, 0.1) is 0 Å². The van der Waals surface area contributed by atoms with Crippen molar-refractivity contribution in [2.24, 2.45) is 0 Å². The Morgan fingerprint density at radius 2 is 1.47 bits per heavy atom. The van der Waals surface area contributed by atoms with Gasteiger partial charge in [0.2, 0.25) is 0 Å². The van der Waals surface area contributed by atoms with Crippen LogP contribution in [0.4, 0.5) is 0 Å². The van der Waals surface area contributed by atoms with E-state index in [1.54, 1.807) is 0 Å². The molecule has 0 amide bonds. The molecule has 0 aliphatic rings. The van der Waals surface area contributed by atoms with Crippen molar-refractivity contribution < 1.29 is 4.74 Å². The fourth-order valence-corrected chi connectivity index (χ4v) is 4.07. The summed E-state index contributed by atoms with van der Waals surface area (Å²) in [5.74, 6) is 1.03. The molecular formula is C30H45NO. The van der Waals surface area contributed by atoms with E-state index in [9.17, 15) is 0 Å². The van der Waals surface area contributed by atoms with Crippen molar-refractivity contribution in [2.75, 3.05) is 0 Å². The smallest absolute Gasteiger partial charge is 0.122 e. The van der Waals surface area contributed by atoms with Gasteiger partial charge in [-0.05, 0) is 55.9 Å². The Hall–Kier alpha value is -2.09. The van der Waals surface area contributed by atoms with E-state index in [1.165, 1.54) is 69.8 Å². The lowest BCUT2D eigenvalue weighted by Gasteiger charge is -2.19. The van der Waals surface area contributed by atoms with Crippen molar-refractivity contribution >= 4 is 0 Å². The van der Waals surface area contributed by atoms with Gasteiger partial charge >= 0.3 is 0 Å². The first-order valence-corrected chi connectivity index (χ1v) is 13.1. The second-order valence-corrected chi connectivity index (χ2v) is 8.91. The third-order valence-electron chi connectivity index (χ3n) is 6.11. The summed E-state index contributed by atoms with van der Waals surface area (Å²) in [6.45, 7) is 4.47. The first kappa shape index (κ1) is 26.2. The van der Waals surface area contributed by atoms with Gasteiger partial charge in [0, 0.05) is 18.3 Å². The number of allylic oxidation sites excluding steroid dienone is 2. The number of ether oxygens (including phenoxy) is 1. The molecule has 0 fully saturated rings. The largest absolute Gasteiger partial charge is 0.490 e. The Bertz CT molecular complexity index is 725. The molecule has 0 N–H and O–H groups in total. The Morgan fingerprint density at radius 3 is 2.19 bits per heavy atom. The molecule has 0 saturated heterocycles. The maximum absolute atomic E-state index is 6.40. The van der Waals surface area contributed by atoms with Crippen molar-refractivity contribution in [3.05, 3.63) is 72.1 Å². The number of aromatic nitrogens is 1. The molecule has 0 bridgehead atoms. The quantitative estimate of drug-likeness (QED) is 0.172. The van der Waals surface area contributed by atoms with Crippen LogP contribution in [0.15, 0.2) is 60.8 Å². The number of hydrogen-bond donors (Lipinski definition) is 0. The summed E-state index contributed by atoms with van der Waals surface area (Å²) in [4.78, 5) is 4.46. The molecule has 0 saturated carbocycles. The van der Waals surface area contributed by atoms with Crippen molar-refractivity contribution in [2.45, 2.75) is 110 Å². The fraction of sp³-hybridized carbons (Fsp3) is 0.567. The van der Waals surface area contributed by atoms with Crippen molar-refractivity contribution in [1.82, 2.24) is 4.98 Å². The lowest BCUT2D eigenvalue weighted by Crippen LogP contribution is -2.19. The maximum Gasteiger partial charge on any atom is 0.122 e. The molecule has 1 atom stereocenters. The van der Waals surface area contributed by atoms with E-state index in [0.717, 1.165) is 37.1 Å². The normalized spacial score (nSPS) is 12.3. The van der Waals surface area contributed by atoms with Crippen LogP contribution in [0.1, 0.15) is 102 Å². The second-order valence-electron chi connectivity index (χ2n) is 8.91. The number of aryl methyl sites for hydroxylation is 1. The molecule has 32 heavy (non-hydrogen) atoms. The molecule has 0 spiro atoms. The SMILES string of the molecule is CCCCCCCCCCCC=CCCc1ccccc1OC(CC)Cc1ccccn1. The monoisotopic (exact) mass is 435 g/mol. The van der Waals surface area contributed by atoms with Crippen LogP contribution < -0.4 is 4.74 Å². The van der Waals surface area contributed by atoms with Gasteiger partial charge in [0.25, 0.3) is 0 Å². The molecule has 1 heterocycles. The minimum atomic E-state index is 0.160. The molecule has 1 aromatic heterocycles. The summed E-state index contributed by atoms with van der Waals surface area (Å²) in [5, 5.41) is 0. The van der Waals surface area contributed by atoms with Crippen molar-refractivity contribution in [1.29, 1.82) is 0 Å². The summed E-state index contributed by atoms with van der Waals surface area (Å²) in [6.07, 6.45) is 24.5. The highest BCUT2D eigenvalue weighted by atomic mass is 16.5. The van der Waals surface area contributed by atoms with Crippen LogP contribution in [-0.4, -0.2) is 11.1 Å². The molecule has 2 rings (SSSR count).